The number of hydrogen-bond acceptors (Lipinski definition) is 4. The molecule has 27 heavy (non-hydrogen) atoms. The quantitative estimate of drug-likeness (QED) is 0.370. The van der Waals surface area contributed by atoms with Crippen molar-refractivity contribution in [2.45, 2.75) is 65.2 Å². The smallest absolute Gasteiger partial charge is 0.341 e. The standard InChI is InChI=1S/C23H32O4/c1-6-7-8-9-16-13-19(24)21(22(25)20(16)23(26)27-5)18-12-15(4)10-11-17(18)14(2)3/h12-13,17-18,24-25H,2,6-11H2,1,3-5H3/t17-,18+/m0/s1. The number of ether oxygens (including phenoxy) is 1. The Morgan fingerprint density at radius 3 is 2.63 bits per heavy atom. The number of phenols is 2. The lowest BCUT2D eigenvalue weighted by Crippen LogP contribution is -2.18. The predicted molar refractivity (Wildman–Crippen MR) is 108 cm³/mol. The van der Waals surface area contributed by atoms with Crippen LogP contribution in [0, 0.1) is 5.92 Å². The molecule has 0 saturated carbocycles. The molecule has 1 aliphatic rings. The lowest BCUT2D eigenvalue weighted by molar-refractivity contribution is 0.0595. The normalized spacial score (nSPS) is 19.5. The van der Waals surface area contributed by atoms with Crippen LogP contribution in [0.25, 0.3) is 0 Å². The Bertz CT molecular complexity index is 745. The van der Waals surface area contributed by atoms with E-state index in [4.69, 9.17) is 4.74 Å². The average molecular weight is 373 g/mol. The highest BCUT2D eigenvalue weighted by atomic mass is 16.5. The average Bonchev–Trinajstić information content (AvgIpc) is 2.61. The fourth-order valence-electron chi connectivity index (χ4n) is 4.05. The van der Waals surface area contributed by atoms with E-state index in [9.17, 15) is 15.0 Å². The Morgan fingerprint density at radius 2 is 2.04 bits per heavy atom. The van der Waals surface area contributed by atoms with Crippen molar-refractivity contribution in [3.05, 3.63) is 46.6 Å². The second-order valence-corrected chi connectivity index (χ2v) is 7.67. The molecule has 0 amide bonds. The molecule has 1 aromatic rings. The van der Waals surface area contributed by atoms with Crippen LogP contribution >= 0.6 is 0 Å². The van der Waals surface area contributed by atoms with E-state index in [0.717, 1.165) is 37.7 Å². The Labute approximate surface area is 162 Å². The van der Waals surface area contributed by atoms with Gasteiger partial charge in [-0.2, -0.15) is 0 Å². The van der Waals surface area contributed by atoms with Crippen molar-refractivity contribution in [2.75, 3.05) is 7.11 Å². The van der Waals surface area contributed by atoms with E-state index in [1.54, 1.807) is 6.07 Å². The first-order valence-electron chi connectivity index (χ1n) is 9.80. The van der Waals surface area contributed by atoms with Crippen LogP contribution in [-0.4, -0.2) is 23.3 Å². The van der Waals surface area contributed by atoms with Gasteiger partial charge in [0.1, 0.15) is 17.1 Å². The largest absolute Gasteiger partial charge is 0.507 e. The van der Waals surface area contributed by atoms with E-state index in [-0.39, 0.29) is 28.9 Å². The van der Waals surface area contributed by atoms with Crippen molar-refractivity contribution < 1.29 is 19.7 Å². The van der Waals surface area contributed by atoms with Crippen LogP contribution in [0.2, 0.25) is 0 Å². The number of carbonyl (C=O) groups excluding carboxylic acids is 1. The Balaban J connectivity index is 2.61. The van der Waals surface area contributed by atoms with Gasteiger partial charge in [0, 0.05) is 11.5 Å². The number of esters is 1. The molecule has 0 heterocycles. The molecule has 0 aliphatic heterocycles. The van der Waals surface area contributed by atoms with E-state index in [2.05, 4.69) is 26.5 Å². The van der Waals surface area contributed by atoms with Crippen LogP contribution in [0.15, 0.2) is 29.9 Å². The minimum atomic E-state index is -0.566. The summed E-state index contributed by atoms with van der Waals surface area (Å²) in [5.74, 6) is -0.778. The molecular weight excluding hydrogens is 340 g/mol. The molecule has 2 N–H and O–H groups in total. The van der Waals surface area contributed by atoms with Crippen LogP contribution in [0.4, 0.5) is 0 Å². The summed E-state index contributed by atoms with van der Waals surface area (Å²) < 4.78 is 4.93. The zero-order valence-corrected chi connectivity index (χ0v) is 17.0. The fraction of sp³-hybridized carbons (Fsp3) is 0.522. The Morgan fingerprint density at radius 1 is 1.33 bits per heavy atom. The molecule has 0 aromatic heterocycles. The summed E-state index contributed by atoms with van der Waals surface area (Å²) in [7, 11) is 1.31. The van der Waals surface area contributed by atoms with Crippen LogP contribution in [0.1, 0.15) is 80.3 Å². The van der Waals surface area contributed by atoms with Gasteiger partial charge >= 0.3 is 5.97 Å². The van der Waals surface area contributed by atoms with Gasteiger partial charge in [0.25, 0.3) is 0 Å². The van der Waals surface area contributed by atoms with Crippen LogP contribution < -0.4 is 0 Å². The van der Waals surface area contributed by atoms with E-state index >= 15 is 0 Å². The highest BCUT2D eigenvalue weighted by Gasteiger charge is 2.33. The first kappa shape index (κ1) is 21.1. The number of allylic oxidation sites excluding steroid dienone is 3. The molecule has 0 saturated heterocycles. The maximum atomic E-state index is 12.4. The van der Waals surface area contributed by atoms with Crippen LogP contribution in [0.3, 0.4) is 0 Å². The lowest BCUT2D eigenvalue weighted by atomic mass is 9.73. The molecule has 2 rings (SSSR count). The minimum absolute atomic E-state index is 0.0360. The van der Waals surface area contributed by atoms with Crippen molar-refractivity contribution in [1.29, 1.82) is 0 Å². The molecule has 0 unspecified atom stereocenters. The molecule has 0 spiro atoms. The van der Waals surface area contributed by atoms with Gasteiger partial charge in [0.05, 0.1) is 7.11 Å². The van der Waals surface area contributed by atoms with Gasteiger partial charge in [-0.25, -0.2) is 4.79 Å². The zero-order valence-electron chi connectivity index (χ0n) is 17.0. The number of hydrogen-bond donors (Lipinski definition) is 2. The summed E-state index contributed by atoms with van der Waals surface area (Å²) in [4.78, 5) is 12.4. The minimum Gasteiger partial charge on any atom is -0.507 e. The molecule has 1 aromatic carbocycles. The third kappa shape index (κ3) is 4.55. The van der Waals surface area contributed by atoms with E-state index in [1.165, 1.54) is 12.7 Å². The number of unbranched alkanes of at least 4 members (excludes halogenated alkanes) is 2. The molecule has 0 fully saturated rings. The maximum Gasteiger partial charge on any atom is 0.341 e. The first-order chi connectivity index (χ1) is 12.8. The summed E-state index contributed by atoms with van der Waals surface area (Å²) in [5.41, 5.74) is 3.44. The number of methoxy groups -OCH3 is 1. The zero-order chi connectivity index (χ0) is 20.1. The lowest BCUT2D eigenvalue weighted by Gasteiger charge is -2.32. The monoisotopic (exact) mass is 372 g/mol. The van der Waals surface area contributed by atoms with Gasteiger partial charge in [0.15, 0.2) is 0 Å². The topological polar surface area (TPSA) is 66.8 Å². The van der Waals surface area contributed by atoms with Crippen molar-refractivity contribution in [2.24, 2.45) is 5.92 Å². The van der Waals surface area contributed by atoms with Crippen molar-refractivity contribution in [1.82, 2.24) is 0 Å². The summed E-state index contributed by atoms with van der Waals surface area (Å²) in [6.07, 6.45) is 7.53. The number of rotatable bonds is 7. The molecule has 4 heteroatoms. The fourth-order valence-corrected chi connectivity index (χ4v) is 4.05. The van der Waals surface area contributed by atoms with E-state index < -0.39 is 5.97 Å². The van der Waals surface area contributed by atoms with Gasteiger partial charge in [-0.3, -0.25) is 0 Å². The van der Waals surface area contributed by atoms with Crippen molar-refractivity contribution in [3.63, 3.8) is 0 Å². The SMILES string of the molecule is C=C(C)[C@@H]1CCC(C)=C[C@H]1c1c(O)cc(CCCCC)c(C(=O)OC)c1O. The summed E-state index contributed by atoms with van der Waals surface area (Å²) in [6.45, 7) is 10.2. The summed E-state index contributed by atoms with van der Waals surface area (Å²) in [5, 5.41) is 21.8. The number of aromatic hydroxyl groups is 2. The van der Waals surface area contributed by atoms with Gasteiger partial charge in [0.2, 0.25) is 0 Å². The third-order valence-electron chi connectivity index (χ3n) is 5.55. The summed E-state index contributed by atoms with van der Waals surface area (Å²) in [6, 6.07) is 1.63. The number of carbonyl (C=O) groups is 1. The van der Waals surface area contributed by atoms with Crippen molar-refractivity contribution >= 4 is 5.97 Å². The van der Waals surface area contributed by atoms with Gasteiger partial charge < -0.3 is 14.9 Å². The maximum absolute atomic E-state index is 12.4. The number of aryl methyl sites for hydroxylation is 1. The molecule has 4 nitrogen and oxygen atoms in total. The van der Waals surface area contributed by atoms with Gasteiger partial charge in [-0.15, -0.1) is 0 Å². The van der Waals surface area contributed by atoms with Crippen molar-refractivity contribution in [3.8, 4) is 11.5 Å². The van der Waals surface area contributed by atoms with E-state index in [0.29, 0.717) is 17.5 Å². The Hall–Kier alpha value is -2.23. The van der Waals surface area contributed by atoms with Crippen LogP contribution in [0.5, 0.6) is 11.5 Å². The first-order valence-corrected chi connectivity index (χ1v) is 9.80. The molecule has 2 atom stereocenters. The number of benzene rings is 1. The molecular formula is C23H32O4. The molecule has 1 aliphatic carbocycles. The van der Waals surface area contributed by atoms with E-state index in [1.807, 2.05) is 6.92 Å². The second kappa shape index (κ2) is 9.12. The van der Waals surface area contributed by atoms with Crippen LogP contribution in [-0.2, 0) is 11.2 Å². The predicted octanol–water partition coefficient (Wildman–Crippen LogP) is 5.63. The third-order valence-corrected chi connectivity index (χ3v) is 5.55. The highest BCUT2D eigenvalue weighted by molar-refractivity contribution is 5.95. The Kier molecular flexibility index (Phi) is 7.11. The van der Waals surface area contributed by atoms with Gasteiger partial charge in [-0.1, -0.05) is 43.6 Å². The molecule has 0 radical (unpaired) electrons. The summed E-state index contributed by atoms with van der Waals surface area (Å²) >= 11 is 0. The number of phenolic OH excluding ortho intramolecular Hbond substituents is 2. The van der Waals surface area contributed by atoms with Gasteiger partial charge in [-0.05, 0) is 57.1 Å². The second-order valence-electron chi connectivity index (χ2n) is 7.67. The molecule has 148 valence electrons. The highest BCUT2D eigenvalue weighted by Crippen LogP contribution is 2.48. The molecule has 0 bridgehead atoms.